The Labute approximate surface area is 101 Å². The standard InChI is InChI=1S/C13H29N3/c1-12(2,3)16-10-13(4,5)15(6)9-11(16)7-8-14/h11H,7-10,14H2,1-6H3. The summed E-state index contributed by atoms with van der Waals surface area (Å²) in [7, 11) is 2.23. The van der Waals surface area contributed by atoms with Crippen molar-refractivity contribution in [3.8, 4) is 0 Å². The SMILES string of the molecule is CN1CC(CCN)N(C(C)(C)C)CC1(C)C. The maximum absolute atomic E-state index is 5.73. The van der Waals surface area contributed by atoms with Crippen LogP contribution in [0.2, 0.25) is 0 Å². The third-order valence-corrected chi connectivity index (χ3v) is 3.88. The lowest BCUT2D eigenvalue weighted by Crippen LogP contribution is -2.66. The van der Waals surface area contributed by atoms with Crippen LogP contribution in [0.15, 0.2) is 0 Å². The monoisotopic (exact) mass is 227 g/mol. The van der Waals surface area contributed by atoms with Crippen molar-refractivity contribution in [3.63, 3.8) is 0 Å². The molecule has 1 saturated heterocycles. The van der Waals surface area contributed by atoms with Crippen molar-refractivity contribution in [3.05, 3.63) is 0 Å². The van der Waals surface area contributed by atoms with Gasteiger partial charge in [-0.05, 0) is 54.6 Å². The van der Waals surface area contributed by atoms with E-state index >= 15 is 0 Å². The van der Waals surface area contributed by atoms with Crippen LogP contribution in [-0.4, -0.2) is 53.6 Å². The average Bonchev–Trinajstić information content (AvgIpc) is 2.10. The number of hydrogen-bond acceptors (Lipinski definition) is 3. The van der Waals surface area contributed by atoms with Gasteiger partial charge in [-0.15, -0.1) is 0 Å². The summed E-state index contributed by atoms with van der Waals surface area (Å²) in [5.41, 5.74) is 6.23. The fourth-order valence-corrected chi connectivity index (χ4v) is 2.55. The highest BCUT2D eigenvalue weighted by molar-refractivity contribution is 4.97. The minimum absolute atomic E-state index is 0.234. The van der Waals surface area contributed by atoms with Crippen molar-refractivity contribution in [2.45, 2.75) is 58.2 Å². The van der Waals surface area contributed by atoms with Crippen molar-refractivity contribution in [2.75, 3.05) is 26.7 Å². The van der Waals surface area contributed by atoms with Gasteiger partial charge in [0.05, 0.1) is 0 Å². The Kier molecular flexibility index (Phi) is 4.04. The van der Waals surface area contributed by atoms with Gasteiger partial charge in [0.2, 0.25) is 0 Å². The molecule has 1 aliphatic rings. The molecule has 0 spiro atoms. The van der Waals surface area contributed by atoms with Gasteiger partial charge in [-0.1, -0.05) is 0 Å². The lowest BCUT2D eigenvalue weighted by molar-refractivity contribution is -0.0483. The summed E-state index contributed by atoms with van der Waals surface area (Å²) in [6.45, 7) is 14.6. The molecule has 1 aliphatic heterocycles. The van der Waals surface area contributed by atoms with E-state index in [0.717, 1.165) is 26.1 Å². The molecule has 96 valence electrons. The number of rotatable bonds is 2. The predicted octanol–water partition coefficient (Wildman–Crippen LogP) is 1.53. The Hall–Kier alpha value is -0.120. The van der Waals surface area contributed by atoms with Gasteiger partial charge in [0.1, 0.15) is 0 Å². The molecule has 2 N–H and O–H groups in total. The lowest BCUT2D eigenvalue weighted by atomic mass is 9.90. The average molecular weight is 227 g/mol. The fourth-order valence-electron chi connectivity index (χ4n) is 2.55. The molecule has 0 radical (unpaired) electrons. The van der Waals surface area contributed by atoms with Crippen LogP contribution in [0.5, 0.6) is 0 Å². The van der Waals surface area contributed by atoms with Crippen molar-refractivity contribution < 1.29 is 0 Å². The first kappa shape index (κ1) is 13.9. The summed E-state index contributed by atoms with van der Waals surface area (Å²) in [6, 6.07) is 0.600. The molecule has 1 heterocycles. The van der Waals surface area contributed by atoms with Crippen LogP contribution in [0.4, 0.5) is 0 Å². The minimum Gasteiger partial charge on any atom is -0.330 e. The van der Waals surface area contributed by atoms with Crippen molar-refractivity contribution in [2.24, 2.45) is 5.73 Å². The van der Waals surface area contributed by atoms with E-state index in [0.29, 0.717) is 6.04 Å². The van der Waals surface area contributed by atoms with Crippen LogP contribution in [0.3, 0.4) is 0 Å². The third kappa shape index (κ3) is 2.96. The third-order valence-electron chi connectivity index (χ3n) is 3.88. The molecule has 0 saturated carbocycles. The lowest BCUT2D eigenvalue weighted by Gasteiger charge is -2.54. The molecule has 0 aromatic heterocycles. The molecule has 3 nitrogen and oxygen atoms in total. The first-order chi connectivity index (χ1) is 7.18. The van der Waals surface area contributed by atoms with Crippen LogP contribution in [0.25, 0.3) is 0 Å². The Balaban J connectivity index is 2.84. The highest BCUT2D eigenvalue weighted by Gasteiger charge is 2.40. The van der Waals surface area contributed by atoms with E-state index in [-0.39, 0.29) is 11.1 Å². The molecular formula is C13H29N3. The smallest absolute Gasteiger partial charge is 0.0278 e. The summed E-state index contributed by atoms with van der Waals surface area (Å²) in [6.07, 6.45) is 1.09. The number of nitrogens with zero attached hydrogens (tertiary/aromatic N) is 2. The summed E-state index contributed by atoms with van der Waals surface area (Å²) in [5.74, 6) is 0. The highest BCUT2D eigenvalue weighted by atomic mass is 15.3. The number of nitrogens with two attached hydrogens (primary N) is 1. The molecule has 3 heteroatoms. The Bertz CT molecular complexity index is 230. The molecule has 0 aromatic carbocycles. The van der Waals surface area contributed by atoms with Crippen molar-refractivity contribution in [1.82, 2.24) is 9.80 Å². The van der Waals surface area contributed by atoms with Gasteiger partial charge in [0, 0.05) is 30.2 Å². The molecular weight excluding hydrogens is 198 g/mol. The molecule has 0 bridgehead atoms. The van der Waals surface area contributed by atoms with Crippen molar-refractivity contribution in [1.29, 1.82) is 0 Å². The summed E-state index contributed by atoms with van der Waals surface area (Å²) in [4.78, 5) is 5.09. The van der Waals surface area contributed by atoms with E-state index in [2.05, 4.69) is 51.5 Å². The van der Waals surface area contributed by atoms with E-state index < -0.39 is 0 Å². The first-order valence-corrected chi connectivity index (χ1v) is 6.36. The quantitative estimate of drug-likeness (QED) is 0.776. The summed E-state index contributed by atoms with van der Waals surface area (Å²) >= 11 is 0. The molecule has 16 heavy (non-hydrogen) atoms. The van der Waals surface area contributed by atoms with Crippen LogP contribution in [-0.2, 0) is 0 Å². The van der Waals surface area contributed by atoms with Gasteiger partial charge in [-0.2, -0.15) is 0 Å². The van der Waals surface area contributed by atoms with E-state index in [1.807, 2.05) is 0 Å². The normalized spacial score (nSPS) is 28.3. The molecule has 0 aromatic rings. The Morgan fingerprint density at radius 2 is 1.88 bits per heavy atom. The molecule has 0 amide bonds. The minimum atomic E-state index is 0.234. The summed E-state index contributed by atoms with van der Waals surface area (Å²) in [5, 5.41) is 0. The summed E-state index contributed by atoms with van der Waals surface area (Å²) < 4.78 is 0. The second-order valence-electron chi connectivity index (χ2n) is 6.72. The van der Waals surface area contributed by atoms with Crippen LogP contribution in [0.1, 0.15) is 41.0 Å². The largest absolute Gasteiger partial charge is 0.330 e. The zero-order chi connectivity index (χ0) is 12.6. The van der Waals surface area contributed by atoms with E-state index in [9.17, 15) is 0 Å². The van der Waals surface area contributed by atoms with Gasteiger partial charge in [0.25, 0.3) is 0 Å². The number of likely N-dealkylation sites (N-methyl/N-ethyl adjacent to an activating group) is 1. The van der Waals surface area contributed by atoms with Gasteiger partial charge in [0.15, 0.2) is 0 Å². The van der Waals surface area contributed by atoms with E-state index in [1.165, 1.54) is 0 Å². The van der Waals surface area contributed by atoms with E-state index in [1.54, 1.807) is 0 Å². The van der Waals surface area contributed by atoms with Gasteiger partial charge in [-0.3, -0.25) is 9.80 Å². The molecule has 1 unspecified atom stereocenters. The maximum Gasteiger partial charge on any atom is 0.0278 e. The Morgan fingerprint density at radius 1 is 1.31 bits per heavy atom. The molecule has 1 fully saturated rings. The molecule has 0 aliphatic carbocycles. The second-order valence-corrected chi connectivity index (χ2v) is 6.72. The van der Waals surface area contributed by atoms with Gasteiger partial charge >= 0.3 is 0 Å². The zero-order valence-corrected chi connectivity index (χ0v) is 11.9. The Morgan fingerprint density at radius 3 is 2.31 bits per heavy atom. The fraction of sp³-hybridized carbons (Fsp3) is 1.00. The van der Waals surface area contributed by atoms with E-state index in [4.69, 9.17) is 5.73 Å². The maximum atomic E-state index is 5.73. The molecule has 1 rings (SSSR count). The number of hydrogen-bond donors (Lipinski definition) is 1. The van der Waals surface area contributed by atoms with Crippen LogP contribution in [0, 0.1) is 0 Å². The topological polar surface area (TPSA) is 32.5 Å². The predicted molar refractivity (Wildman–Crippen MR) is 70.6 cm³/mol. The van der Waals surface area contributed by atoms with Crippen LogP contribution >= 0.6 is 0 Å². The second kappa shape index (κ2) is 4.63. The van der Waals surface area contributed by atoms with Crippen LogP contribution < -0.4 is 5.73 Å². The highest BCUT2D eigenvalue weighted by Crippen LogP contribution is 2.29. The van der Waals surface area contributed by atoms with Crippen molar-refractivity contribution >= 4 is 0 Å². The number of piperazine rings is 1. The van der Waals surface area contributed by atoms with Gasteiger partial charge < -0.3 is 5.73 Å². The zero-order valence-electron chi connectivity index (χ0n) is 11.9. The first-order valence-electron chi connectivity index (χ1n) is 6.36. The van der Waals surface area contributed by atoms with Gasteiger partial charge in [-0.25, -0.2) is 0 Å². The molecule has 1 atom stereocenters.